The van der Waals surface area contributed by atoms with E-state index < -0.39 is 5.25 Å². The van der Waals surface area contributed by atoms with Crippen LogP contribution in [0.2, 0.25) is 5.02 Å². The zero-order chi connectivity index (χ0) is 27.2. The van der Waals surface area contributed by atoms with Gasteiger partial charge in [0.15, 0.2) is 5.17 Å². The van der Waals surface area contributed by atoms with Crippen LogP contribution in [-0.2, 0) is 9.59 Å². The number of hydrogen-bond donors (Lipinski definition) is 1. The maximum Gasteiger partial charge on any atom is 0.238 e. The molecule has 3 rings (SSSR count). The Morgan fingerprint density at radius 3 is 2.32 bits per heavy atom. The standard InChI is InChI=1S/C30H40ClN3O3S/c1-3-5-7-9-10-20-34-28(35)22-27(38-30(34)33-25-14-12-23(31)13-15-25)29(36)32-24-16-18-26(19-17-24)37-21-11-8-6-4-2/h12-19,27H,3-11,20-22H2,1-2H3,(H,32,36). The molecule has 38 heavy (non-hydrogen) atoms. The molecule has 2 amide bonds. The van der Waals surface area contributed by atoms with E-state index in [2.05, 4.69) is 19.2 Å². The molecule has 1 N–H and O–H groups in total. The molecule has 0 bridgehead atoms. The van der Waals surface area contributed by atoms with Crippen molar-refractivity contribution in [2.45, 2.75) is 83.3 Å². The monoisotopic (exact) mass is 557 g/mol. The molecule has 6 nitrogen and oxygen atoms in total. The number of rotatable bonds is 15. The number of amides is 2. The summed E-state index contributed by atoms with van der Waals surface area (Å²) >= 11 is 7.38. The molecular formula is C30H40ClN3O3S. The number of thioether (sulfide) groups is 1. The molecule has 1 fully saturated rings. The van der Waals surface area contributed by atoms with Crippen LogP contribution in [-0.4, -0.2) is 40.3 Å². The first kappa shape index (κ1) is 30.0. The number of ether oxygens (including phenoxy) is 1. The second kappa shape index (κ2) is 16.5. The third-order valence-corrected chi connectivity index (χ3v) is 7.80. The van der Waals surface area contributed by atoms with Crippen LogP contribution in [0.1, 0.15) is 78.1 Å². The first-order chi connectivity index (χ1) is 18.5. The Morgan fingerprint density at radius 1 is 0.974 bits per heavy atom. The van der Waals surface area contributed by atoms with E-state index in [9.17, 15) is 9.59 Å². The first-order valence-corrected chi connectivity index (χ1v) is 15.1. The van der Waals surface area contributed by atoms with Crippen LogP contribution in [0.5, 0.6) is 5.75 Å². The number of carbonyl (C=O) groups excluding carboxylic acids is 2. The van der Waals surface area contributed by atoms with E-state index in [1.165, 1.54) is 43.9 Å². The Hall–Kier alpha value is -2.51. The molecule has 8 heteroatoms. The number of carbonyl (C=O) groups is 2. The van der Waals surface area contributed by atoms with E-state index >= 15 is 0 Å². The lowest BCUT2D eigenvalue weighted by molar-refractivity contribution is -0.129. The molecule has 1 unspecified atom stereocenters. The Balaban J connectivity index is 1.62. The second-order valence-electron chi connectivity index (χ2n) is 9.56. The van der Waals surface area contributed by atoms with Crippen molar-refractivity contribution in [3.05, 3.63) is 53.6 Å². The van der Waals surface area contributed by atoms with E-state index in [-0.39, 0.29) is 18.2 Å². The average molecular weight is 558 g/mol. The van der Waals surface area contributed by atoms with Crippen LogP contribution in [0, 0.1) is 0 Å². The van der Waals surface area contributed by atoms with Crippen molar-refractivity contribution in [1.82, 2.24) is 4.90 Å². The molecule has 1 aliphatic heterocycles. The highest BCUT2D eigenvalue weighted by Crippen LogP contribution is 2.31. The van der Waals surface area contributed by atoms with Gasteiger partial charge in [-0.2, -0.15) is 0 Å². The Bertz CT molecular complexity index is 1040. The Morgan fingerprint density at radius 2 is 1.63 bits per heavy atom. The highest BCUT2D eigenvalue weighted by molar-refractivity contribution is 8.15. The summed E-state index contributed by atoms with van der Waals surface area (Å²) in [4.78, 5) is 32.8. The zero-order valence-corrected chi connectivity index (χ0v) is 24.2. The quantitative estimate of drug-likeness (QED) is 0.224. The summed E-state index contributed by atoms with van der Waals surface area (Å²) in [6.07, 6.45) is 10.3. The number of unbranched alkanes of at least 4 members (excludes halogenated alkanes) is 7. The minimum atomic E-state index is -0.556. The zero-order valence-electron chi connectivity index (χ0n) is 22.6. The first-order valence-electron chi connectivity index (χ1n) is 13.8. The van der Waals surface area contributed by atoms with Crippen molar-refractivity contribution >= 4 is 51.7 Å². The van der Waals surface area contributed by atoms with Gasteiger partial charge >= 0.3 is 0 Å². The summed E-state index contributed by atoms with van der Waals surface area (Å²) in [5.74, 6) is 0.510. The normalized spacial score (nSPS) is 16.6. The van der Waals surface area contributed by atoms with Crippen molar-refractivity contribution in [2.24, 2.45) is 4.99 Å². The Labute approximate surface area is 236 Å². The largest absolute Gasteiger partial charge is 0.494 e. The number of nitrogens with zero attached hydrogens (tertiary/aromatic N) is 2. The predicted molar refractivity (Wildman–Crippen MR) is 160 cm³/mol. The molecule has 0 spiro atoms. The lowest BCUT2D eigenvalue weighted by Crippen LogP contribution is -2.45. The third-order valence-electron chi connectivity index (χ3n) is 6.36. The van der Waals surface area contributed by atoms with Gasteiger partial charge < -0.3 is 10.1 Å². The van der Waals surface area contributed by atoms with Crippen LogP contribution in [0.3, 0.4) is 0 Å². The van der Waals surface area contributed by atoms with Gasteiger partial charge in [0, 0.05) is 23.7 Å². The van der Waals surface area contributed by atoms with Crippen molar-refractivity contribution in [2.75, 3.05) is 18.5 Å². The minimum Gasteiger partial charge on any atom is -0.494 e. The number of amidine groups is 1. The molecule has 1 heterocycles. The number of nitrogens with one attached hydrogen (secondary N) is 1. The van der Waals surface area contributed by atoms with Gasteiger partial charge in [-0.25, -0.2) is 4.99 Å². The van der Waals surface area contributed by atoms with E-state index in [1.54, 1.807) is 17.0 Å². The number of benzene rings is 2. The van der Waals surface area contributed by atoms with Gasteiger partial charge in [-0.05, 0) is 61.4 Å². The molecular weight excluding hydrogens is 518 g/mol. The lowest BCUT2D eigenvalue weighted by Gasteiger charge is -2.32. The van der Waals surface area contributed by atoms with Gasteiger partial charge in [0.05, 0.1) is 12.3 Å². The second-order valence-corrected chi connectivity index (χ2v) is 11.2. The van der Waals surface area contributed by atoms with Crippen LogP contribution >= 0.6 is 23.4 Å². The molecule has 2 aromatic carbocycles. The van der Waals surface area contributed by atoms with Crippen LogP contribution in [0.4, 0.5) is 11.4 Å². The molecule has 2 aromatic rings. The number of aliphatic imine (C=N–C) groups is 1. The van der Waals surface area contributed by atoms with Crippen LogP contribution < -0.4 is 10.1 Å². The summed E-state index contributed by atoms with van der Waals surface area (Å²) < 4.78 is 5.80. The lowest BCUT2D eigenvalue weighted by atomic mass is 10.1. The number of halogens is 1. The topological polar surface area (TPSA) is 71.0 Å². The summed E-state index contributed by atoms with van der Waals surface area (Å²) in [6, 6.07) is 14.6. The van der Waals surface area contributed by atoms with E-state index in [4.69, 9.17) is 21.3 Å². The maximum absolute atomic E-state index is 13.2. The molecule has 1 atom stereocenters. The van der Waals surface area contributed by atoms with E-state index in [0.29, 0.717) is 34.7 Å². The smallest absolute Gasteiger partial charge is 0.238 e. The van der Waals surface area contributed by atoms with Crippen LogP contribution in [0.15, 0.2) is 53.5 Å². The number of hydrogen-bond acceptors (Lipinski definition) is 5. The highest BCUT2D eigenvalue weighted by atomic mass is 35.5. The third kappa shape index (κ3) is 9.99. The fourth-order valence-corrected chi connectivity index (χ4v) is 5.39. The highest BCUT2D eigenvalue weighted by Gasteiger charge is 2.35. The van der Waals surface area contributed by atoms with Crippen molar-refractivity contribution < 1.29 is 14.3 Å². The van der Waals surface area contributed by atoms with E-state index in [1.807, 2.05) is 36.4 Å². The van der Waals surface area contributed by atoms with Crippen molar-refractivity contribution in [1.29, 1.82) is 0 Å². The van der Waals surface area contributed by atoms with Gasteiger partial charge in [-0.1, -0.05) is 82.2 Å². The molecule has 0 saturated carbocycles. The summed E-state index contributed by atoms with van der Waals surface area (Å²) in [5.41, 5.74) is 1.38. The average Bonchev–Trinajstić information content (AvgIpc) is 2.91. The Kier molecular flexibility index (Phi) is 13.0. The summed E-state index contributed by atoms with van der Waals surface area (Å²) in [5, 5.41) is 3.59. The van der Waals surface area contributed by atoms with Gasteiger partial charge in [-0.3, -0.25) is 14.5 Å². The molecule has 1 saturated heterocycles. The molecule has 1 aliphatic rings. The predicted octanol–water partition coefficient (Wildman–Crippen LogP) is 8.23. The molecule has 206 valence electrons. The van der Waals surface area contributed by atoms with Gasteiger partial charge in [0.2, 0.25) is 11.8 Å². The molecule has 0 radical (unpaired) electrons. The van der Waals surface area contributed by atoms with Gasteiger partial charge in [-0.15, -0.1) is 0 Å². The fourth-order valence-electron chi connectivity index (χ4n) is 4.14. The van der Waals surface area contributed by atoms with Gasteiger partial charge in [0.1, 0.15) is 11.0 Å². The summed E-state index contributed by atoms with van der Waals surface area (Å²) in [7, 11) is 0. The van der Waals surface area contributed by atoms with Crippen LogP contribution in [0.25, 0.3) is 0 Å². The maximum atomic E-state index is 13.2. The van der Waals surface area contributed by atoms with Crippen molar-refractivity contribution in [3.8, 4) is 5.75 Å². The molecule has 0 aliphatic carbocycles. The fraction of sp³-hybridized carbons (Fsp3) is 0.500. The summed E-state index contributed by atoms with van der Waals surface area (Å²) in [6.45, 7) is 5.67. The minimum absolute atomic E-state index is 0.0704. The van der Waals surface area contributed by atoms with Crippen molar-refractivity contribution in [3.63, 3.8) is 0 Å². The van der Waals surface area contributed by atoms with Gasteiger partial charge in [0.25, 0.3) is 0 Å². The SMILES string of the molecule is CCCCCCCN1C(=O)CC(C(=O)Nc2ccc(OCCCCCC)cc2)SC1=Nc1ccc(Cl)cc1. The number of anilines is 1. The van der Waals surface area contributed by atoms with E-state index in [0.717, 1.165) is 31.4 Å². The molecule has 0 aromatic heterocycles.